The highest BCUT2D eigenvalue weighted by Crippen LogP contribution is 2.19. The van der Waals surface area contributed by atoms with Crippen molar-refractivity contribution in [3.8, 4) is 0 Å². The molecule has 1 N–H and O–H groups in total. The van der Waals surface area contributed by atoms with Crippen LogP contribution in [0.5, 0.6) is 0 Å². The highest BCUT2D eigenvalue weighted by atomic mass is 16.5. The molecule has 1 aliphatic rings. The lowest BCUT2D eigenvalue weighted by Crippen LogP contribution is -2.50. The summed E-state index contributed by atoms with van der Waals surface area (Å²) in [5.41, 5.74) is 2.35. The average Bonchev–Trinajstić information content (AvgIpc) is 3.16. The number of hydrogen-bond donors (Lipinski definition) is 1. The van der Waals surface area contributed by atoms with Gasteiger partial charge < -0.3 is 23.7 Å². The normalized spacial score (nSPS) is 20.3. The molecule has 2 aromatic heterocycles. The van der Waals surface area contributed by atoms with Crippen LogP contribution in [0.25, 0.3) is 0 Å². The minimum atomic E-state index is -0.295. The second-order valence-electron chi connectivity index (χ2n) is 6.47. The Hall–Kier alpha value is -2.19. The second-order valence-corrected chi connectivity index (χ2v) is 6.47. The molecule has 2 aromatic rings. The number of hydrogen-bond acceptors (Lipinski definition) is 7. The molecule has 8 heteroatoms. The zero-order valence-electron chi connectivity index (χ0n) is 15.6. The minimum absolute atomic E-state index is 0.157. The topological polar surface area (TPSA) is 99.6 Å². The van der Waals surface area contributed by atoms with Gasteiger partial charge in [0.1, 0.15) is 5.76 Å². The number of nitrogens with zero attached hydrogens (tertiary/aromatic N) is 2. The Morgan fingerprint density at radius 1 is 1.31 bits per heavy atom. The number of carbonyl (C=O) groups is 1. The summed E-state index contributed by atoms with van der Waals surface area (Å²) < 4.78 is 22.3. The van der Waals surface area contributed by atoms with Gasteiger partial charge in [-0.15, -0.1) is 0 Å². The van der Waals surface area contributed by atoms with Gasteiger partial charge in [-0.3, -0.25) is 4.79 Å². The molecule has 3 heterocycles. The number of rotatable bonds is 6. The first kappa shape index (κ1) is 18.6. The maximum absolute atomic E-state index is 12.6. The van der Waals surface area contributed by atoms with E-state index in [0.717, 1.165) is 17.0 Å². The molecule has 26 heavy (non-hydrogen) atoms. The third kappa shape index (κ3) is 3.96. The summed E-state index contributed by atoms with van der Waals surface area (Å²) in [6.45, 7) is 8.82. The van der Waals surface area contributed by atoms with Crippen LogP contribution in [-0.2, 0) is 22.5 Å². The van der Waals surface area contributed by atoms with Crippen molar-refractivity contribution in [1.82, 2.24) is 15.5 Å². The lowest BCUT2D eigenvalue weighted by atomic mass is 10.1. The van der Waals surface area contributed by atoms with Gasteiger partial charge in [0.25, 0.3) is 5.91 Å². The van der Waals surface area contributed by atoms with E-state index in [1.54, 1.807) is 6.92 Å². The van der Waals surface area contributed by atoms with Crippen LogP contribution in [-0.4, -0.2) is 41.4 Å². The number of aryl methyl sites for hydroxylation is 4. The maximum Gasteiger partial charge on any atom is 0.289 e. The van der Waals surface area contributed by atoms with Crippen LogP contribution in [0.3, 0.4) is 0 Å². The quantitative estimate of drug-likeness (QED) is 0.840. The fourth-order valence-corrected chi connectivity index (χ4v) is 3.00. The van der Waals surface area contributed by atoms with E-state index in [9.17, 15) is 4.79 Å². The van der Waals surface area contributed by atoms with Gasteiger partial charge in [-0.05, 0) is 27.2 Å². The first-order chi connectivity index (χ1) is 12.5. The smallest absolute Gasteiger partial charge is 0.289 e. The predicted molar refractivity (Wildman–Crippen MR) is 91.9 cm³/mol. The molecule has 0 aliphatic carbocycles. The summed E-state index contributed by atoms with van der Waals surface area (Å²) >= 11 is 0. The minimum Gasteiger partial charge on any atom is -0.435 e. The van der Waals surface area contributed by atoms with Crippen molar-refractivity contribution in [2.75, 3.05) is 13.2 Å². The molecule has 1 amide bonds. The SMILES string of the molecule is CCc1nc(C)c(C(=O)N[C@@H]2COCC[C@@H]2OCc2c(C)noc2C)o1. The molecule has 0 unspecified atom stereocenters. The Balaban J connectivity index is 1.64. The van der Waals surface area contributed by atoms with Gasteiger partial charge in [-0.2, -0.15) is 0 Å². The van der Waals surface area contributed by atoms with Crippen molar-refractivity contribution < 1.29 is 23.2 Å². The Morgan fingerprint density at radius 3 is 2.77 bits per heavy atom. The van der Waals surface area contributed by atoms with Crippen molar-refractivity contribution >= 4 is 5.91 Å². The number of oxazole rings is 1. The van der Waals surface area contributed by atoms with Crippen LogP contribution in [0.15, 0.2) is 8.94 Å². The second kappa shape index (κ2) is 8.01. The molecule has 2 atom stereocenters. The lowest BCUT2D eigenvalue weighted by Gasteiger charge is -2.31. The molecule has 0 bridgehead atoms. The number of carbonyl (C=O) groups excluding carboxylic acids is 1. The molecule has 0 aromatic carbocycles. The number of nitrogens with one attached hydrogen (secondary N) is 1. The van der Waals surface area contributed by atoms with E-state index >= 15 is 0 Å². The molecule has 3 rings (SSSR count). The molecule has 8 nitrogen and oxygen atoms in total. The molecular weight excluding hydrogens is 338 g/mol. The first-order valence-electron chi connectivity index (χ1n) is 8.87. The van der Waals surface area contributed by atoms with Crippen molar-refractivity contribution in [2.24, 2.45) is 0 Å². The zero-order valence-corrected chi connectivity index (χ0v) is 15.6. The van der Waals surface area contributed by atoms with Gasteiger partial charge >= 0.3 is 0 Å². The molecule has 1 aliphatic heterocycles. The van der Waals surface area contributed by atoms with E-state index in [1.807, 2.05) is 20.8 Å². The highest BCUT2D eigenvalue weighted by Gasteiger charge is 2.30. The van der Waals surface area contributed by atoms with Crippen LogP contribution in [0, 0.1) is 20.8 Å². The third-order valence-corrected chi connectivity index (χ3v) is 4.58. The molecule has 142 valence electrons. The molecule has 0 radical (unpaired) electrons. The highest BCUT2D eigenvalue weighted by molar-refractivity contribution is 5.92. The third-order valence-electron chi connectivity index (χ3n) is 4.58. The summed E-state index contributed by atoms with van der Waals surface area (Å²) in [5, 5.41) is 6.90. The summed E-state index contributed by atoms with van der Waals surface area (Å²) in [6.07, 6.45) is 1.18. The monoisotopic (exact) mass is 363 g/mol. The molecule has 0 spiro atoms. The fourth-order valence-electron chi connectivity index (χ4n) is 3.00. The van der Waals surface area contributed by atoms with Gasteiger partial charge in [-0.25, -0.2) is 4.98 Å². The van der Waals surface area contributed by atoms with Crippen molar-refractivity contribution in [2.45, 2.75) is 59.3 Å². The lowest BCUT2D eigenvalue weighted by molar-refractivity contribution is -0.0609. The average molecular weight is 363 g/mol. The van der Waals surface area contributed by atoms with E-state index in [1.165, 1.54) is 0 Å². The van der Waals surface area contributed by atoms with E-state index in [4.69, 9.17) is 18.4 Å². The van der Waals surface area contributed by atoms with Gasteiger partial charge in [0.2, 0.25) is 5.76 Å². The van der Waals surface area contributed by atoms with Crippen LogP contribution in [0.2, 0.25) is 0 Å². The van der Waals surface area contributed by atoms with Crippen molar-refractivity contribution in [1.29, 1.82) is 0 Å². The molecule has 1 saturated heterocycles. The maximum atomic E-state index is 12.6. The first-order valence-corrected chi connectivity index (χ1v) is 8.87. The molecule has 1 fully saturated rings. The van der Waals surface area contributed by atoms with E-state index < -0.39 is 0 Å². The van der Waals surface area contributed by atoms with Gasteiger partial charge in [0, 0.05) is 18.6 Å². The standard InChI is InChI=1S/C18H25N3O5/c1-5-16-19-11(3)17(25-16)18(22)20-14-9-23-7-6-15(14)24-8-13-10(2)21-26-12(13)4/h14-15H,5-9H2,1-4H3,(H,20,22)/t14-,15+/m1/s1. The van der Waals surface area contributed by atoms with Crippen molar-refractivity contribution in [3.05, 3.63) is 34.4 Å². The Bertz CT molecular complexity index is 747. The predicted octanol–water partition coefficient (Wildman–Crippen LogP) is 2.25. The van der Waals surface area contributed by atoms with Crippen LogP contribution >= 0.6 is 0 Å². The van der Waals surface area contributed by atoms with Crippen LogP contribution in [0.1, 0.15) is 52.5 Å². The van der Waals surface area contributed by atoms with E-state index in [-0.39, 0.29) is 23.8 Å². The summed E-state index contributed by atoms with van der Waals surface area (Å²) in [6, 6.07) is -0.258. The molecule has 0 saturated carbocycles. The van der Waals surface area contributed by atoms with Gasteiger partial charge in [0.15, 0.2) is 5.89 Å². The summed E-state index contributed by atoms with van der Waals surface area (Å²) in [7, 11) is 0. The van der Waals surface area contributed by atoms with Gasteiger partial charge in [-0.1, -0.05) is 12.1 Å². The zero-order chi connectivity index (χ0) is 18.7. The van der Waals surface area contributed by atoms with E-state index in [0.29, 0.717) is 44.2 Å². The van der Waals surface area contributed by atoms with Gasteiger partial charge in [0.05, 0.1) is 36.7 Å². The Labute approximate surface area is 152 Å². The number of ether oxygens (including phenoxy) is 2. The fraction of sp³-hybridized carbons (Fsp3) is 0.611. The number of amides is 1. The van der Waals surface area contributed by atoms with E-state index in [2.05, 4.69) is 15.5 Å². The van der Waals surface area contributed by atoms with Crippen LogP contribution in [0.4, 0.5) is 0 Å². The van der Waals surface area contributed by atoms with Crippen molar-refractivity contribution in [3.63, 3.8) is 0 Å². The Kier molecular flexibility index (Phi) is 5.73. The number of aromatic nitrogens is 2. The summed E-state index contributed by atoms with van der Waals surface area (Å²) in [5.74, 6) is 1.26. The Morgan fingerprint density at radius 2 is 2.12 bits per heavy atom. The molecular formula is C18H25N3O5. The summed E-state index contributed by atoms with van der Waals surface area (Å²) in [4.78, 5) is 16.8. The van der Waals surface area contributed by atoms with Crippen LogP contribution < -0.4 is 5.32 Å². The largest absolute Gasteiger partial charge is 0.435 e.